The number of nitrogens with one attached hydrogen (secondary N) is 1. The molecule has 1 aromatic carbocycles. The molecule has 7 nitrogen and oxygen atoms in total. The summed E-state index contributed by atoms with van der Waals surface area (Å²) >= 11 is 0. The predicted molar refractivity (Wildman–Crippen MR) is 114 cm³/mol. The molecule has 0 aliphatic carbocycles. The van der Waals surface area contributed by atoms with Gasteiger partial charge in [0.05, 0.1) is 12.8 Å². The molecule has 7 heteroatoms. The summed E-state index contributed by atoms with van der Waals surface area (Å²) in [7, 11) is 3.04. The molecule has 1 heterocycles. The molecule has 0 bridgehead atoms. The number of nitrogens with zero attached hydrogens (tertiary/aromatic N) is 2. The summed E-state index contributed by atoms with van der Waals surface area (Å²) in [5.41, 5.74) is 2.95. The zero-order chi connectivity index (χ0) is 21.2. The minimum absolute atomic E-state index is 0.146. The Morgan fingerprint density at radius 1 is 1.24 bits per heavy atom. The average molecular weight is 397 g/mol. The van der Waals surface area contributed by atoms with Crippen molar-refractivity contribution in [2.24, 2.45) is 0 Å². The maximum atomic E-state index is 12.3. The van der Waals surface area contributed by atoms with E-state index >= 15 is 0 Å². The van der Waals surface area contributed by atoms with E-state index in [4.69, 9.17) is 9.84 Å². The van der Waals surface area contributed by atoms with E-state index in [9.17, 15) is 9.59 Å². The number of ether oxygens (including phenoxy) is 1. The summed E-state index contributed by atoms with van der Waals surface area (Å²) in [5.74, 6) is -1.30. The highest BCUT2D eigenvalue weighted by atomic mass is 16.5. The number of carboxylic acid groups (broad SMARTS) is 1. The molecule has 1 aromatic heterocycles. The highest BCUT2D eigenvalue weighted by Crippen LogP contribution is 2.23. The molecule has 0 saturated carbocycles. The van der Waals surface area contributed by atoms with Crippen molar-refractivity contribution in [3.63, 3.8) is 0 Å². The van der Waals surface area contributed by atoms with Crippen LogP contribution < -0.4 is 10.2 Å². The van der Waals surface area contributed by atoms with Crippen LogP contribution in [0.3, 0.4) is 0 Å². The summed E-state index contributed by atoms with van der Waals surface area (Å²) < 4.78 is 4.83. The van der Waals surface area contributed by atoms with Crippen molar-refractivity contribution in [2.75, 3.05) is 25.6 Å². The predicted octanol–water partition coefficient (Wildman–Crippen LogP) is 4.16. The SMILES string of the molecule is CCCCCNC(=O)N(C)c1cccc(-c2ccc(/C=C(/OC)C(=O)O)cn2)c1. The second kappa shape index (κ2) is 10.8. The first-order chi connectivity index (χ1) is 14.0. The van der Waals surface area contributed by atoms with Crippen LogP contribution in [0.25, 0.3) is 17.3 Å². The van der Waals surface area contributed by atoms with Crippen LogP contribution in [0.15, 0.2) is 48.4 Å². The molecule has 0 radical (unpaired) electrons. The maximum absolute atomic E-state index is 12.3. The molecule has 154 valence electrons. The van der Waals surface area contributed by atoms with Crippen molar-refractivity contribution in [3.05, 3.63) is 53.9 Å². The minimum Gasteiger partial charge on any atom is -0.490 e. The zero-order valence-electron chi connectivity index (χ0n) is 17.0. The lowest BCUT2D eigenvalue weighted by Crippen LogP contribution is -2.37. The van der Waals surface area contributed by atoms with E-state index in [1.54, 1.807) is 30.3 Å². The number of anilines is 1. The van der Waals surface area contributed by atoms with Gasteiger partial charge >= 0.3 is 12.0 Å². The number of methoxy groups -OCH3 is 1. The van der Waals surface area contributed by atoms with Crippen molar-refractivity contribution >= 4 is 23.8 Å². The van der Waals surface area contributed by atoms with Crippen molar-refractivity contribution in [1.29, 1.82) is 0 Å². The Bertz CT molecular complexity index is 863. The normalized spacial score (nSPS) is 11.1. The third-order valence-electron chi connectivity index (χ3n) is 4.41. The van der Waals surface area contributed by atoms with Gasteiger partial charge in [-0.3, -0.25) is 9.88 Å². The number of aliphatic carboxylic acids is 1. The molecule has 0 atom stereocenters. The smallest absolute Gasteiger partial charge is 0.371 e. The standard InChI is InChI=1S/C22H27N3O4/c1-4-5-6-12-23-22(28)25(2)18-9-7-8-17(14-18)19-11-10-16(15-24-19)13-20(29-3)21(26)27/h7-11,13-15H,4-6,12H2,1-3H3,(H,23,28)(H,26,27)/b20-13+. The molecule has 0 fully saturated rings. The second-order valence-corrected chi connectivity index (χ2v) is 6.54. The van der Waals surface area contributed by atoms with Crippen LogP contribution in [-0.4, -0.2) is 42.8 Å². The van der Waals surface area contributed by atoms with E-state index in [2.05, 4.69) is 17.2 Å². The zero-order valence-corrected chi connectivity index (χ0v) is 17.0. The Hall–Kier alpha value is -3.35. The first kappa shape index (κ1) is 21.9. The molecule has 0 saturated heterocycles. The number of unbranched alkanes of at least 4 members (excludes halogenated alkanes) is 2. The third-order valence-corrected chi connectivity index (χ3v) is 4.41. The number of carboxylic acids is 1. The van der Waals surface area contributed by atoms with Gasteiger partial charge in [-0.1, -0.05) is 38.0 Å². The molecule has 29 heavy (non-hydrogen) atoms. The number of carbonyl (C=O) groups is 2. The van der Waals surface area contributed by atoms with Crippen LogP contribution >= 0.6 is 0 Å². The third kappa shape index (κ3) is 6.34. The van der Waals surface area contributed by atoms with Crippen LogP contribution in [0.1, 0.15) is 31.7 Å². The van der Waals surface area contributed by atoms with E-state index < -0.39 is 5.97 Å². The Morgan fingerprint density at radius 3 is 2.66 bits per heavy atom. The number of rotatable bonds is 9. The minimum atomic E-state index is -1.14. The molecule has 0 unspecified atom stereocenters. The molecule has 0 spiro atoms. The number of amides is 2. The van der Waals surface area contributed by atoms with E-state index in [0.29, 0.717) is 12.1 Å². The summed E-state index contributed by atoms with van der Waals surface area (Å²) in [6.07, 6.45) is 6.15. The van der Waals surface area contributed by atoms with Crippen molar-refractivity contribution in [2.45, 2.75) is 26.2 Å². The van der Waals surface area contributed by atoms with Crippen LogP contribution in [0.2, 0.25) is 0 Å². The molecule has 2 N–H and O–H groups in total. The molecule has 0 aliphatic heterocycles. The number of hydrogen-bond donors (Lipinski definition) is 2. The Labute approximate surface area is 171 Å². The van der Waals surface area contributed by atoms with Gasteiger partial charge in [0, 0.05) is 31.0 Å². The van der Waals surface area contributed by atoms with E-state index in [1.165, 1.54) is 13.2 Å². The van der Waals surface area contributed by atoms with Gasteiger partial charge in [-0.2, -0.15) is 0 Å². The largest absolute Gasteiger partial charge is 0.490 e. The number of benzene rings is 1. The number of pyridine rings is 1. The lowest BCUT2D eigenvalue weighted by atomic mass is 10.1. The van der Waals surface area contributed by atoms with Gasteiger partial charge in [-0.25, -0.2) is 9.59 Å². The number of urea groups is 1. The molecule has 2 aromatic rings. The maximum Gasteiger partial charge on any atom is 0.371 e. The summed E-state index contributed by atoms with van der Waals surface area (Å²) in [6.45, 7) is 2.78. The molecule has 2 rings (SSSR count). The van der Waals surface area contributed by atoms with Gasteiger partial charge in [-0.05, 0) is 36.3 Å². The first-order valence-corrected chi connectivity index (χ1v) is 9.53. The summed E-state index contributed by atoms with van der Waals surface area (Å²) in [6, 6.07) is 10.9. The molecular formula is C22H27N3O4. The average Bonchev–Trinajstić information content (AvgIpc) is 2.74. The van der Waals surface area contributed by atoms with Crippen molar-refractivity contribution in [1.82, 2.24) is 10.3 Å². The van der Waals surface area contributed by atoms with Crippen LogP contribution in [-0.2, 0) is 9.53 Å². The van der Waals surface area contributed by atoms with Gasteiger partial charge in [-0.15, -0.1) is 0 Å². The quantitative estimate of drug-likeness (QED) is 0.377. The van der Waals surface area contributed by atoms with Crippen molar-refractivity contribution < 1.29 is 19.4 Å². The fourth-order valence-corrected chi connectivity index (χ4v) is 2.70. The van der Waals surface area contributed by atoms with Crippen molar-refractivity contribution in [3.8, 4) is 11.3 Å². The number of aromatic nitrogens is 1. The first-order valence-electron chi connectivity index (χ1n) is 9.53. The summed E-state index contributed by atoms with van der Waals surface area (Å²) in [4.78, 5) is 29.3. The Balaban J connectivity index is 2.12. The molecular weight excluding hydrogens is 370 g/mol. The van der Waals surface area contributed by atoms with E-state index in [0.717, 1.165) is 36.2 Å². The molecule has 2 amide bonds. The highest BCUT2D eigenvalue weighted by molar-refractivity contribution is 5.92. The van der Waals surface area contributed by atoms with E-state index in [-0.39, 0.29) is 11.8 Å². The number of carbonyl (C=O) groups excluding carboxylic acids is 1. The van der Waals surface area contributed by atoms with E-state index in [1.807, 2.05) is 24.3 Å². The highest BCUT2D eigenvalue weighted by Gasteiger charge is 2.12. The lowest BCUT2D eigenvalue weighted by Gasteiger charge is -2.19. The van der Waals surface area contributed by atoms with Crippen LogP contribution in [0.5, 0.6) is 0 Å². The van der Waals surface area contributed by atoms with Crippen LogP contribution in [0.4, 0.5) is 10.5 Å². The van der Waals surface area contributed by atoms with Gasteiger partial charge in [0.15, 0.2) is 0 Å². The van der Waals surface area contributed by atoms with Gasteiger partial charge in [0.25, 0.3) is 0 Å². The van der Waals surface area contributed by atoms with Gasteiger partial charge < -0.3 is 15.2 Å². The molecule has 0 aliphatic rings. The topological polar surface area (TPSA) is 91.8 Å². The lowest BCUT2D eigenvalue weighted by molar-refractivity contribution is -0.135. The Kier molecular flexibility index (Phi) is 8.21. The fourth-order valence-electron chi connectivity index (χ4n) is 2.70. The summed E-state index contributed by atoms with van der Waals surface area (Å²) in [5, 5.41) is 11.9. The Morgan fingerprint density at radius 2 is 2.03 bits per heavy atom. The monoisotopic (exact) mass is 397 g/mol. The van der Waals surface area contributed by atoms with Crippen LogP contribution in [0, 0.1) is 0 Å². The number of hydrogen-bond acceptors (Lipinski definition) is 4. The second-order valence-electron chi connectivity index (χ2n) is 6.54. The van der Waals surface area contributed by atoms with Gasteiger partial charge in [0.1, 0.15) is 0 Å². The fraction of sp³-hybridized carbons (Fsp3) is 0.318. The van der Waals surface area contributed by atoms with Gasteiger partial charge in [0.2, 0.25) is 5.76 Å².